The molecule has 2 N–H and O–H groups in total. The molecule has 0 spiro atoms. The van der Waals surface area contributed by atoms with Gasteiger partial charge in [-0.3, -0.25) is 5.10 Å². The van der Waals surface area contributed by atoms with E-state index in [4.69, 9.17) is 28.4 Å². The van der Waals surface area contributed by atoms with Gasteiger partial charge in [-0.05, 0) is 44.9 Å². The SMILES string of the molecule is C1COCCOCCOCCOCCOCCO1.CC(C)N(c1n[nH+][nH+][n-]1)C(C)C.CC(C)N(c1nnn[n-]1)C(C)C.[Ba+2]. The van der Waals surface area contributed by atoms with Gasteiger partial charge in [0.25, 0.3) is 5.95 Å². The topological polar surface area (TPSA) is 170 Å². The van der Waals surface area contributed by atoms with Crippen LogP contribution in [-0.4, -0.2) is 173 Å². The van der Waals surface area contributed by atoms with E-state index in [0.29, 0.717) is 109 Å². The zero-order valence-electron chi connectivity index (χ0n) is 27.5. The van der Waals surface area contributed by atoms with E-state index < -0.39 is 0 Å². The zero-order chi connectivity index (χ0) is 31.0. The Bertz CT molecular complexity index is 693. The number of ether oxygens (including phenoxy) is 6. The van der Waals surface area contributed by atoms with Crippen LogP contribution in [0.2, 0.25) is 0 Å². The molecule has 0 radical (unpaired) electrons. The van der Waals surface area contributed by atoms with E-state index in [1.807, 2.05) is 0 Å². The van der Waals surface area contributed by atoms with E-state index in [1.165, 1.54) is 0 Å². The number of rotatable bonds is 6. The fraction of sp³-hybridized carbons (Fsp3) is 0.923. The molecule has 1 aliphatic rings. The Morgan fingerprint density at radius 1 is 0.558 bits per heavy atom. The third-order valence-electron chi connectivity index (χ3n) is 5.59. The number of tetrazole rings is 2. The van der Waals surface area contributed by atoms with Crippen molar-refractivity contribution in [2.45, 2.75) is 79.6 Å². The molecule has 3 rings (SSSR count). The molecule has 0 bridgehead atoms. The minimum Gasteiger partial charge on any atom is -0.398 e. The van der Waals surface area contributed by atoms with Crippen LogP contribution in [0.3, 0.4) is 0 Å². The predicted octanol–water partition coefficient (Wildman–Crippen LogP) is -0.539. The van der Waals surface area contributed by atoms with Gasteiger partial charge in [-0.25, -0.2) is 5.10 Å². The van der Waals surface area contributed by atoms with Crippen LogP contribution in [0.25, 0.3) is 0 Å². The molecule has 0 unspecified atom stereocenters. The van der Waals surface area contributed by atoms with Gasteiger partial charge in [-0.1, -0.05) is 38.0 Å². The third kappa shape index (κ3) is 20.7. The van der Waals surface area contributed by atoms with E-state index >= 15 is 0 Å². The number of hydrogen-bond donors (Lipinski definition) is 0. The van der Waals surface area contributed by atoms with Crippen LogP contribution >= 0.6 is 0 Å². The van der Waals surface area contributed by atoms with Crippen LogP contribution in [0, 0.1) is 0 Å². The van der Waals surface area contributed by atoms with E-state index in [1.54, 1.807) is 0 Å². The quantitative estimate of drug-likeness (QED) is 0.346. The first-order chi connectivity index (χ1) is 20.3. The summed E-state index contributed by atoms with van der Waals surface area (Å²) in [4.78, 5) is 4.20. The van der Waals surface area contributed by atoms with Crippen LogP contribution in [-0.2, 0) is 28.4 Å². The molecule has 0 aliphatic carbocycles. The monoisotopic (exact) mass is 740 g/mol. The Kier molecular flexibility index (Phi) is 26.8. The molecule has 2 aromatic heterocycles. The molecule has 0 aromatic carbocycles. The van der Waals surface area contributed by atoms with Gasteiger partial charge < -0.3 is 38.2 Å². The zero-order valence-corrected chi connectivity index (χ0v) is 32.0. The smallest absolute Gasteiger partial charge is 0.398 e. The summed E-state index contributed by atoms with van der Waals surface area (Å²) < 4.78 is 32.0. The maximum Gasteiger partial charge on any atom is 2.00 e. The number of H-pyrrole nitrogens is 2. The average Bonchev–Trinajstić information content (AvgIpc) is 3.64. The van der Waals surface area contributed by atoms with Crippen molar-refractivity contribution in [3.63, 3.8) is 0 Å². The Labute approximate surface area is 297 Å². The van der Waals surface area contributed by atoms with Gasteiger partial charge in [0.05, 0.1) is 85.2 Å². The molecule has 244 valence electrons. The van der Waals surface area contributed by atoms with E-state index in [-0.39, 0.29) is 48.9 Å². The van der Waals surface area contributed by atoms with Crippen molar-refractivity contribution in [1.82, 2.24) is 30.8 Å². The summed E-state index contributed by atoms with van der Waals surface area (Å²) in [5, 5.41) is 27.7. The van der Waals surface area contributed by atoms with Crippen molar-refractivity contribution in [1.29, 1.82) is 0 Å². The van der Waals surface area contributed by atoms with Gasteiger partial charge in [-0.15, -0.1) is 10.4 Å². The number of aromatic amines is 2. The van der Waals surface area contributed by atoms with Crippen molar-refractivity contribution in [3.8, 4) is 0 Å². The second-order valence-corrected chi connectivity index (χ2v) is 10.3. The fourth-order valence-corrected chi connectivity index (χ4v) is 3.97. The van der Waals surface area contributed by atoms with Crippen LogP contribution in [0.5, 0.6) is 0 Å². The molecule has 3 heterocycles. The summed E-state index contributed by atoms with van der Waals surface area (Å²) in [7, 11) is 0. The van der Waals surface area contributed by atoms with Gasteiger partial charge in [0.15, 0.2) is 0 Å². The van der Waals surface area contributed by atoms with E-state index in [0.717, 1.165) is 5.95 Å². The molecule has 2 aromatic rings. The Hall–Kier alpha value is -0.929. The Balaban J connectivity index is 0.000000628. The Morgan fingerprint density at radius 2 is 0.884 bits per heavy atom. The van der Waals surface area contributed by atoms with Gasteiger partial charge in [0.2, 0.25) is 0 Å². The number of anilines is 2. The van der Waals surface area contributed by atoms with E-state index in [2.05, 4.69) is 106 Å². The minimum atomic E-state index is 0. The molecular weight excluding hydrogens is 686 g/mol. The van der Waals surface area contributed by atoms with Gasteiger partial charge in [-0.2, -0.15) is 5.21 Å². The van der Waals surface area contributed by atoms with Crippen LogP contribution < -0.4 is 30.4 Å². The molecule has 1 fully saturated rings. The standard InChI is InChI=1S/C12H24O6.C7H16N5.C7H14N5.Ba/c1-2-14-5-6-16-9-10-18-12-11-17-8-7-15-4-3-13-1;2*1-5(2)12(6(3)4)7-8-10-11-9-7;/h1-12H2;5-6,10H,1-4H3,(H-,8,9,11);5-6H,1-4H3;/q;+1;-1;+2. The van der Waals surface area contributed by atoms with E-state index in [9.17, 15) is 0 Å². The van der Waals surface area contributed by atoms with Gasteiger partial charge in [0, 0.05) is 12.1 Å². The maximum atomic E-state index is 5.33. The van der Waals surface area contributed by atoms with Crippen LogP contribution in [0.1, 0.15) is 55.4 Å². The second-order valence-electron chi connectivity index (χ2n) is 10.3. The van der Waals surface area contributed by atoms with Gasteiger partial charge >= 0.3 is 48.9 Å². The van der Waals surface area contributed by atoms with Crippen LogP contribution in [0.4, 0.5) is 11.9 Å². The number of aromatic nitrogens is 8. The first-order valence-electron chi connectivity index (χ1n) is 14.8. The van der Waals surface area contributed by atoms with Crippen LogP contribution in [0.15, 0.2) is 0 Å². The summed E-state index contributed by atoms with van der Waals surface area (Å²) in [5.74, 6) is 1.33. The van der Waals surface area contributed by atoms with Crippen molar-refractivity contribution in [2.24, 2.45) is 0 Å². The molecule has 16 nitrogen and oxygen atoms in total. The van der Waals surface area contributed by atoms with Crippen molar-refractivity contribution in [2.75, 3.05) is 89.1 Å². The van der Waals surface area contributed by atoms with Crippen molar-refractivity contribution < 1.29 is 38.8 Å². The second kappa shape index (κ2) is 27.4. The molecular formula is C26H54BaN10O6+2. The normalized spacial score (nSPS) is 16.3. The molecule has 0 atom stereocenters. The predicted molar refractivity (Wildman–Crippen MR) is 160 cm³/mol. The Morgan fingerprint density at radius 3 is 1.12 bits per heavy atom. The van der Waals surface area contributed by atoms with Crippen molar-refractivity contribution in [3.05, 3.63) is 0 Å². The molecule has 0 saturated carbocycles. The number of nitrogens with one attached hydrogen (secondary N) is 2. The summed E-state index contributed by atoms with van der Waals surface area (Å²) in [6, 6.07) is 1.57. The number of hydrogen-bond acceptors (Lipinski definition) is 12. The summed E-state index contributed by atoms with van der Waals surface area (Å²) in [5.41, 5.74) is 0. The molecule has 1 aliphatic heterocycles. The maximum absolute atomic E-state index is 5.33. The molecule has 43 heavy (non-hydrogen) atoms. The first-order valence-corrected chi connectivity index (χ1v) is 14.8. The third-order valence-corrected chi connectivity index (χ3v) is 5.59. The summed E-state index contributed by atoms with van der Waals surface area (Å²) >= 11 is 0. The molecule has 1 saturated heterocycles. The summed E-state index contributed by atoms with van der Waals surface area (Å²) in [6.07, 6.45) is 0. The average molecular weight is 740 g/mol. The summed E-state index contributed by atoms with van der Waals surface area (Å²) in [6.45, 7) is 23.9. The largest absolute Gasteiger partial charge is 2.00 e. The first kappa shape index (κ1) is 42.1. The number of nitrogens with zero attached hydrogens (tertiary/aromatic N) is 8. The van der Waals surface area contributed by atoms with Gasteiger partial charge in [0.1, 0.15) is 0 Å². The van der Waals surface area contributed by atoms with Crippen molar-refractivity contribution >= 4 is 60.8 Å². The molecule has 17 heteroatoms. The molecule has 0 amide bonds. The fourth-order valence-electron chi connectivity index (χ4n) is 3.97. The minimum absolute atomic E-state index is 0.